The minimum Gasteiger partial charge on any atom is -0.493 e. The van der Waals surface area contributed by atoms with Crippen LogP contribution in [0.1, 0.15) is 42.0 Å². The molecule has 2 aromatic carbocycles. The number of likely N-dealkylation sites (tertiary alicyclic amines) is 1. The average Bonchev–Trinajstić information content (AvgIpc) is 3.10. The predicted molar refractivity (Wildman–Crippen MR) is 112 cm³/mol. The van der Waals surface area contributed by atoms with Crippen molar-refractivity contribution in [3.8, 4) is 5.75 Å². The van der Waals surface area contributed by atoms with Gasteiger partial charge in [-0.05, 0) is 60.8 Å². The van der Waals surface area contributed by atoms with Crippen LogP contribution in [0.5, 0.6) is 5.75 Å². The van der Waals surface area contributed by atoms with Crippen LogP contribution in [0.2, 0.25) is 0 Å². The normalized spacial score (nSPS) is 19.4. The molecule has 1 N–H and O–H groups in total. The number of benzene rings is 2. The van der Waals surface area contributed by atoms with Crippen molar-refractivity contribution in [3.63, 3.8) is 0 Å². The Kier molecular flexibility index (Phi) is 7.50. The van der Waals surface area contributed by atoms with Gasteiger partial charge in [0.25, 0.3) is 0 Å². The Balaban J connectivity index is 1.66. The molecular formula is C24H25F6NO3. The molecule has 186 valence electrons. The van der Waals surface area contributed by atoms with Crippen molar-refractivity contribution in [1.82, 2.24) is 4.90 Å². The molecule has 0 saturated carbocycles. The maximum absolute atomic E-state index is 13.4. The highest BCUT2D eigenvalue weighted by molar-refractivity contribution is 5.67. The lowest BCUT2D eigenvalue weighted by Crippen LogP contribution is -2.30. The van der Waals surface area contributed by atoms with Crippen molar-refractivity contribution in [1.29, 1.82) is 0 Å². The number of carboxylic acid groups (broad SMARTS) is 1. The first kappa shape index (κ1) is 25.9. The maximum atomic E-state index is 13.4. The van der Waals surface area contributed by atoms with E-state index < -0.39 is 40.4 Å². The van der Waals surface area contributed by atoms with Crippen LogP contribution in [0.15, 0.2) is 42.5 Å². The van der Waals surface area contributed by atoms with Crippen molar-refractivity contribution >= 4 is 5.97 Å². The minimum atomic E-state index is -4.75. The lowest BCUT2D eigenvalue weighted by atomic mass is 9.91. The number of aryl methyl sites for hydroxylation is 1. The molecule has 0 aliphatic carbocycles. The van der Waals surface area contributed by atoms with Gasteiger partial charge in [-0.25, -0.2) is 0 Å². The number of carboxylic acids is 1. The Labute approximate surface area is 193 Å². The predicted octanol–water partition coefficient (Wildman–Crippen LogP) is 6.03. The van der Waals surface area contributed by atoms with Gasteiger partial charge in [0.15, 0.2) is 0 Å². The number of aliphatic carboxylic acids is 1. The standard InChI is InChI=1S/C24H25F6NO3/c1-22(15-34-19-4-2-3-16(11-19)5-8-21(32)33)9-10-31(14-22)13-17-12-18(23(25,26)27)6-7-20(17)24(28,29)30/h2-4,6-7,11-12H,5,8-10,13-15H2,1H3,(H,32,33). The molecule has 34 heavy (non-hydrogen) atoms. The summed E-state index contributed by atoms with van der Waals surface area (Å²) in [4.78, 5) is 12.5. The summed E-state index contributed by atoms with van der Waals surface area (Å²) in [5.41, 5.74) is -2.18. The molecule has 1 fully saturated rings. The number of rotatable bonds is 8. The molecule has 3 rings (SSSR count). The second-order valence-corrected chi connectivity index (χ2v) is 8.97. The second kappa shape index (κ2) is 9.85. The number of nitrogens with zero attached hydrogens (tertiary/aromatic N) is 1. The number of carbonyl (C=O) groups is 1. The summed E-state index contributed by atoms with van der Waals surface area (Å²) in [6.45, 7) is 2.71. The van der Waals surface area contributed by atoms with Crippen molar-refractivity contribution in [2.75, 3.05) is 19.7 Å². The smallest absolute Gasteiger partial charge is 0.416 e. The van der Waals surface area contributed by atoms with Gasteiger partial charge < -0.3 is 9.84 Å². The highest BCUT2D eigenvalue weighted by atomic mass is 19.4. The van der Waals surface area contributed by atoms with E-state index in [1.54, 1.807) is 29.2 Å². The van der Waals surface area contributed by atoms with Crippen LogP contribution in [-0.2, 0) is 30.1 Å². The molecular weight excluding hydrogens is 464 g/mol. The highest BCUT2D eigenvalue weighted by Gasteiger charge is 2.39. The van der Waals surface area contributed by atoms with Crippen molar-refractivity contribution in [2.24, 2.45) is 5.41 Å². The zero-order valence-electron chi connectivity index (χ0n) is 18.5. The van der Waals surface area contributed by atoms with Crippen LogP contribution < -0.4 is 4.74 Å². The first-order chi connectivity index (χ1) is 15.7. The quantitative estimate of drug-likeness (QED) is 0.460. The SMILES string of the molecule is CC1(COc2cccc(CCC(=O)O)c2)CCN(Cc2cc(C(F)(F)F)ccc2C(F)(F)F)C1. The Hall–Kier alpha value is -2.75. The van der Waals surface area contributed by atoms with Gasteiger partial charge in [0, 0.05) is 24.9 Å². The Morgan fingerprint density at radius 2 is 1.82 bits per heavy atom. The van der Waals surface area contributed by atoms with E-state index in [-0.39, 0.29) is 19.6 Å². The van der Waals surface area contributed by atoms with E-state index in [1.165, 1.54) is 0 Å². The molecule has 1 unspecified atom stereocenters. The van der Waals surface area contributed by atoms with Crippen LogP contribution in [0.3, 0.4) is 0 Å². The first-order valence-corrected chi connectivity index (χ1v) is 10.7. The summed E-state index contributed by atoms with van der Waals surface area (Å²) in [5.74, 6) is -0.348. The summed E-state index contributed by atoms with van der Waals surface area (Å²) in [7, 11) is 0. The number of hydrogen-bond donors (Lipinski definition) is 1. The maximum Gasteiger partial charge on any atom is 0.416 e. The molecule has 10 heteroatoms. The fourth-order valence-corrected chi connectivity index (χ4v) is 4.10. The molecule has 0 aromatic heterocycles. The molecule has 0 radical (unpaired) electrons. The fraction of sp³-hybridized carbons (Fsp3) is 0.458. The average molecular weight is 489 g/mol. The number of hydrogen-bond acceptors (Lipinski definition) is 3. The van der Waals surface area contributed by atoms with Crippen LogP contribution in [-0.4, -0.2) is 35.7 Å². The van der Waals surface area contributed by atoms with Gasteiger partial charge in [0.2, 0.25) is 0 Å². The van der Waals surface area contributed by atoms with Gasteiger partial charge in [-0.2, -0.15) is 26.3 Å². The third-order valence-electron chi connectivity index (χ3n) is 5.88. The minimum absolute atomic E-state index is 0.00835. The summed E-state index contributed by atoms with van der Waals surface area (Å²) in [6.07, 6.45) is -8.53. The van der Waals surface area contributed by atoms with E-state index in [9.17, 15) is 31.1 Å². The summed E-state index contributed by atoms with van der Waals surface area (Å²) in [6, 6.07) is 8.56. The Bertz CT molecular complexity index is 1020. The fourth-order valence-electron chi connectivity index (χ4n) is 4.10. The van der Waals surface area contributed by atoms with Gasteiger partial charge in [-0.3, -0.25) is 9.69 Å². The van der Waals surface area contributed by atoms with E-state index in [1.807, 2.05) is 6.92 Å². The van der Waals surface area contributed by atoms with Crippen LogP contribution in [0.4, 0.5) is 26.3 Å². The molecule has 4 nitrogen and oxygen atoms in total. The molecule has 1 heterocycles. The highest BCUT2D eigenvalue weighted by Crippen LogP contribution is 2.38. The Morgan fingerprint density at radius 3 is 2.47 bits per heavy atom. The molecule has 0 spiro atoms. The van der Waals surface area contributed by atoms with Crippen LogP contribution in [0.25, 0.3) is 0 Å². The topological polar surface area (TPSA) is 49.8 Å². The first-order valence-electron chi connectivity index (χ1n) is 10.7. The summed E-state index contributed by atoms with van der Waals surface area (Å²) >= 11 is 0. The zero-order valence-corrected chi connectivity index (χ0v) is 18.5. The van der Waals surface area contributed by atoms with Crippen LogP contribution >= 0.6 is 0 Å². The van der Waals surface area contributed by atoms with Gasteiger partial charge in [-0.15, -0.1) is 0 Å². The van der Waals surface area contributed by atoms with Crippen molar-refractivity contribution in [2.45, 2.75) is 45.1 Å². The monoisotopic (exact) mass is 489 g/mol. The largest absolute Gasteiger partial charge is 0.493 e. The number of ether oxygens (including phenoxy) is 1. The summed E-state index contributed by atoms with van der Waals surface area (Å²) in [5, 5.41) is 8.82. The second-order valence-electron chi connectivity index (χ2n) is 8.97. The molecule has 1 aliphatic heterocycles. The van der Waals surface area contributed by atoms with E-state index >= 15 is 0 Å². The van der Waals surface area contributed by atoms with Crippen molar-refractivity contribution < 1.29 is 41.0 Å². The third kappa shape index (κ3) is 6.88. The molecule has 2 aromatic rings. The van der Waals surface area contributed by atoms with Gasteiger partial charge in [0.05, 0.1) is 17.7 Å². The lowest BCUT2D eigenvalue weighted by Gasteiger charge is -2.26. The number of halogens is 6. The lowest BCUT2D eigenvalue weighted by molar-refractivity contribution is -0.142. The molecule has 1 saturated heterocycles. The summed E-state index contributed by atoms with van der Waals surface area (Å²) < 4.78 is 85.3. The van der Waals surface area contributed by atoms with Gasteiger partial charge in [-0.1, -0.05) is 19.1 Å². The molecule has 0 amide bonds. The van der Waals surface area contributed by atoms with Crippen LogP contribution in [0, 0.1) is 5.41 Å². The molecule has 1 aliphatic rings. The number of alkyl halides is 6. The van der Waals surface area contributed by atoms with E-state index in [2.05, 4.69) is 0 Å². The van der Waals surface area contributed by atoms with E-state index in [4.69, 9.17) is 9.84 Å². The molecule has 1 atom stereocenters. The van der Waals surface area contributed by atoms with E-state index in [0.29, 0.717) is 49.9 Å². The third-order valence-corrected chi connectivity index (χ3v) is 5.88. The molecule has 0 bridgehead atoms. The van der Waals surface area contributed by atoms with Crippen molar-refractivity contribution in [3.05, 3.63) is 64.7 Å². The van der Waals surface area contributed by atoms with E-state index in [0.717, 1.165) is 5.56 Å². The van der Waals surface area contributed by atoms with Gasteiger partial charge >= 0.3 is 18.3 Å². The van der Waals surface area contributed by atoms with Gasteiger partial charge in [0.1, 0.15) is 5.75 Å². The zero-order chi connectivity index (χ0) is 25.1. The Morgan fingerprint density at radius 1 is 1.09 bits per heavy atom.